The molecule has 0 amide bonds. The Morgan fingerprint density at radius 2 is 1.80 bits per heavy atom. The number of benzene rings is 2. The summed E-state index contributed by atoms with van der Waals surface area (Å²) in [6.45, 7) is 8.22. The third-order valence-electron chi connectivity index (χ3n) is 9.33. The number of nitrogens with zero attached hydrogens (tertiary/aromatic N) is 2. The van der Waals surface area contributed by atoms with Crippen molar-refractivity contribution in [3.63, 3.8) is 0 Å². The molecule has 1 aromatic heterocycles. The van der Waals surface area contributed by atoms with Crippen LogP contribution in [0.25, 0.3) is 10.9 Å². The van der Waals surface area contributed by atoms with Crippen LogP contribution in [0.1, 0.15) is 62.4 Å². The Labute approximate surface area is 208 Å². The van der Waals surface area contributed by atoms with Crippen LogP contribution in [0, 0.1) is 5.41 Å². The number of likely N-dealkylation sites (tertiary alicyclic amines) is 1. The minimum Gasteiger partial charge on any atom is -0.488 e. The van der Waals surface area contributed by atoms with Crippen molar-refractivity contribution < 1.29 is 9.84 Å². The maximum Gasteiger partial charge on any atom is 0.124 e. The van der Waals surface area contributed by atoms with Gasteiger partial charge in [0.2, 0.25) is 0 Å². The van der Waals surface area contributed by atoms with E-state index in [-0.39, 0.29) is 17.0 Å². The second kappa shape index (κ2) is 7.83. The molecule has 5 nitrogen and oxygen atoms in total. The van der Waals surface area contributed by atoms with Gasteiger partial charge in [0, 0.05) is 47.9 Å². The maximum atomic E-state index is 9.93. The number of aromatic nitrogens is 1. The van der Waals surface area contributed by atoms with E-state index in [1.165, 1.54) is 40.7 Å². The number of H-pyrrole nitrogens is 1. The molecule has 5 heteroatoms. The molecule has 2 aliphatic heterocycles. The first-order chi connectivity index (χ1) is 17.0. The Bertz CT molecular complexity index is 1220. The summed E-state index contributed by atoms with van der Waals surface area (Å²) in [5, 5.41) is 11.3. The monoisotopic (exact) mass is 471 g/mol. The number of rotatable bonds is 7. The van der Waals surface area contributed by atoms with Crippen LogP contribution in [-0.2, 0) is 6.42 Å². The molecule has 5 aliphatic rings. The number of aliphatic hydroxyl groups is 1. The van der Waals surface area contributed by atoms with E-state index >= 15 is 0 Å². The molecule has 8 rings (SSSR count). The van der Waals surface area contributed by atoms with Gasteiger partial charge in [0.25, 0.3) is 0 Å². The summed E-state index contributed by atoms with van der Waals surface area (Å²) < 4.78 is 6.28. The average molecular weight is 472 g/mol. The predicted octanol–water partition coefficient (Wildman–Crippen LogP) is 4.89. The van der Waals surface area contributed by atoms with Crippen molar-refractivity contribution in [3.8, 4) is 5.75 Å². The average Bonchev–Trinajstić information content (AvgIpc) is 3.15. The zero-order valence-corrected chi connectivity index (χ0v) is 21.0. The van der Waals surface area contributed by atoms with Gasteiger partial charge in [-0.3, -0.25) is 9.80 Å². The normalized spacial score (nSPS) is 32.5. The molecule has 1 unspecified atom stereocenters. The Morgan fingerprint density at radius 3 is 2.51 bits per heavy atom. The van der Waals surface area contributed by atoms with E-state index < -0.39 is 0 Å². The molecule has 2 bridgehead atoms. The number of aromatic amines is 1. The Hall–Kier alpha value is -2.34. The van der Waals surface area contributed by atoms with Crippen LogP contribution in [0.4, 0.5) is 0 Å². The fourth-order valence-electron chi connectivity index (χ4n) is 7.93. The molecule has 184 valence electrons. The van der Waals surface area contributed by atoms with Crippen LogP contribution in [0.3, 0.4) is 0 Å². The van der Waals surface area contributed by atoms with Crippen molar-refractivity contribution in [2.24, 2.45) is 5.41 Å². The van der Waals surface area contributed by atoms with Gasteiger partial charge < -0.3 is 14.8 Å². The first-order valence-electron chi connectivity index (χ1n) is 13.5. The lowest BCUT2D eigenvalue weighted by Crippen LogP contribution is -2.77. The summed E-state index contributed by atoms with van der Waals surface area (Å²) in [7, 11) is 0. The third kappa shape index (κ3) is 3.24. The van der Waals surface area contributed by atoms with E-state index in [1.54, 1.807) is 0 Å². The minimum absolute atomic E-state index is 0.192. The quantitative estimate of drug-likeness (QED) is 0.515. The lowest BCUT2D eigenvalue weighted by molar-refractivity contribution is -0.254. The highest BCUT2D eigenvalue weighted by Gasteiger charge is 2.71. The molecule has 4 fully saturated rings. The van der Waals surface area contributed by atoms with Gasteiger partial charge in [0.05, 0.1) is 6.04 Å². The van der Waals surface area contributed by atoms with E-state index in [4.69, 9.17) is 4.74 Å². The van der Waals surface area contributed by atoms with Crippen molar-refractivity contribution in [2.75, 3.05) is 26.2 Å². The Kier molecular flexibility index (Phi) is 4.90. The van der Waals surface area contributed by atoms with Crippen LogP contribution in [-0.4, -0.2) is 63.8 Å². The molecule has 0 spiro atoms. The van der Waals surface area contributed by atoms with Gasteiger partial charge in [0.15, 0.2) is 0 Å². The van der Waals surface area contributed by atoms with Crippen molar-refractivity contribution in [1.82, 2.24) is 14.8 Å². The fourth-order valence-corrected chi connectivity index (χ4v) is 7.93. The number of para-hydroxylation sites is 1. The van der Waals surface area contributed by atoms with E-state index in [1.807, 2.05) is 0 Å². The Morgan fingerprint density at radius 1 is 1.06 bits per heavy atom. The molecule has 2 N–H and O–H groups in total. The van der Waals surface area contributed by atoms with Crippen LogP contribution in [0.2, 0.25) is 0 Å². The number of aliphatic hydroxyl groups excluding tert-OH is 1. The number of nitrogens with one attached hydrogen (secondary N) is 1. The molecular formula is C30H37N3O2. The summed E-state index contributed by atoms with van der Waals surface area (Å²) in [5.41, 5.74) is 5.82. The summed E-state index contributed by atoms with van der Waals surface area (Å²) in [4.78, 5) is 9.09. The van der Waals surface area contributed by atoms with Crippen LogP contribution < -0.4 is 4.74 Å². The summed E-state index contributed by atoms with van der Waals surface area (Å²) in [5.74, 6) is 0.979. The van der Waals surface area contributed by atoms with Gasteiger partial charge in [-0.1, -0.05) is 37.3 Å². The van der Waals surface area contributed by atoms with Gasteiger partial charge >= 0.3 is 0 Å². The molecule has 3 aliphatic carbocycles. The summed E-state index contributed by atoms with van der Waals surface area (Å²) in [6.07, 6.45) is 5.97. The molecule has 0 radical (unpaired) electrons. The molecule has 2 atom stereocenters. The molecule has 3 saturated carbocycles. The lowest BCUT2D eigenvalue weighted by Gasteiger charge is -2.76. The van der Waals surface area contributed by atoms with Gasteiger partial charge in [0.1, 0.15) is 11.9 Å². The van der Waals surface area contributed by atoms with Gasteiger partial charge in [-0.15, -0.1) is 0 Å². The van der Waals surface area contributed by atoms with Crippen LogP contribution in [0.15, 0.2) is 48.5 Å². The van der Waals surface area contributed by atoms with E-state index in [9.17, 15) is 5.11 Å². The molecule has 2 aromatic carbocycles. The first kappa shape index (κ1) is 21.9. The molecule has 3 aromatic rings. The minimum atomic E-state index is 0.192. The molecule has 1 saturated heterocycles. The van der Waals surface area contributed by atoms with Crippen molar-refractivity contribution in [2.45, 2.75) is 69.7 Å². The molecular weight excluding hydrogens is 434 g/mol. The van der Waals surface area contributed by atoms with Crippen LogP contribution >= 0.6 is 0 Å². The van der Waals surface area contributed by atoms with Gasteiger partial charge in [-0.25, -0.2) is 0 Å². The molecule has 3 heterocycles. The summed E-state index contributed by atoms with van der Waals surface area (Å²) >= 11 is 0. The van der Waals surface area contributed by atoms with E-state index in [0.717, 1.165) is 44.5 Å². The van der Waals surface area contributed by atoms with Gasteiger partial charge in [-0.2, -0.15) is 0 Å². The zero-order chi connectivity index (χ0) is 23.8. The number of hydrogen-bond acceptors (Lipinski definition) is 4. The fraction of sp³-hybridized carbons (Fsp3) is 0.533. The highest BCUT2D eigenvalue weighted by molar-refractivity contribution is 5.85. The summed E-state index contributed by atoms with van der Waals surface area (Å²) in [6, 6.07) is 18.3. The SMILES string of the molecule is CCCN1CC(Oc2ccc(C3c4[nH]c5ccccc5c4C[C@H](C)N3C34CC(CO)(C3)C4)cc2)C1. The molecule has 35 heavy (non-hydrogen) atoms. The first-order valence-corrected chi connectivity index (χ1v) is 13.5. The van der Waals surface area contributed by atoms with E-state index in [0.29, 0.717) is 18.8 Å². The maximum absolute atomic E-state index is 9.93. The van der Waals surface area contributed by atoms with Crippen molar-refractivity contribution >= 4 is 10.9 Å². The standard InChI is InChI=1S/C30H37N3O2/c1-3-12-32-14-23(15-32)35-22-10-8-21(9-11-22)28-27-25(24-6-4-5-7-26(24)31-27)13-20(2)33(28)30-16-29(17-30,18-30)19-34/h4-11,20,23,28,31,34H,3,12-19H2,1-2H3/t20-,28?,29?,30?/m0/s1. The topological polar surface area (TPSA) is 51.7 Å². The highest BCUT2D eigenvalue weighted by Crippen LogP contribution is 2.71. The largest absolute Gasteiger partial charge is 0.488 e. The third-order valence-corrected chi connectivity index (χ3v) is 9.33. The lowest BCUT2D eigenvalue weighted by atomic mass is 9.38. The van der Waals surface area contributed by atoms with Crippen molar-refractivity contribution in [3.05, 3.63) is 65.4 Å². The second-order valence-electron chi connectivity index (χ2n) is 11.9. The Balaban J connectivity index is 1.21. The van der Waals surface area contributed by atoms with Crippen molar-refractivity contribution in [1.29, 1.82) is 0 Å². The second-order valence-corrected chi connectivity index (χ2v) is 11.9. The van der Waals surface area contributed by atoms with E-state index in [2.05, 4.69) is 77.2 Å². The zero-order valence-electron chi connectivity index (χ0n) is 21.0. The predicted molar refractivity (Wildman–Crippen MR) is 139 cm³/mol. The highest BCUT2D eigenvalue weighted by atomic mass is 16.5. The number of fused-ring (bicyclic) bond motifs is 3. The van der Waals surface area contributed by atoms with Gasteiger partial charge in [-0.05, 0) is 80.3 Å². The number of ether oxygens (including phenoxy) is 1. The van der Waals surface area contributed by atoms with Crippen LogP contribution in [0.5, 0.6) is 5.75 Å². The smallest absolute Gasteiger partial charge is 0.124 e. The number of hydrogen-bond donors (Lipinski definition) is 2.